The molecule has 0 radical (unpaired) electrons. The normalized spacial score (nSPS) is 15.2. The molecule has 0 saturated heterocycles. The first-order chi connectivity index (χ1) is 13.2. The fourth-order valence-electron chi connectivity index (χ4n) is 3.97. The number of aromatic nitrogens is 4. The van der Waals surface area contributed by atoms with Crippen molar-refractivity contribution in [2.45, 2.75) is 51.5 Å². The summed E-state index contributed by atoms with van der Waals surface area (Å²) in [4.78, 5) is 27.0. The average molecular weight is 364 g/mol. The van der Waals surface area contributed by atoms with Gasteiger partial charge in [-0.15, -0.1) is 0 Å². The second kappa shape index (κ2) is 7.47. The van der Waals surface area contributed by atoms with Gasteiger partial charge in [-0.05, 0) is 43.9 Å². The first-order valence-corrected chi connectivity index (χ1v) is 9.52. The summed E-state index contributed by atoms with van der Waals surface area (Å²) in [5.41, 5.74) is 3.74. The maximum Gasteiger partial charge on any atom is 0.256 e. The quantitative estimate of drug-likeness (QED) is 0.707. The molecule has 6 nitrogen and oxygen atoms in total. The Morgan fingerprint density at radius 1 is 1.22 bits per heavy atom. The fraction of sp³-hybridized carbons (Fsp3) is 0.429. The van der Waals surface area contributed by atoms with Gasteiger partial charge < -0.3 is 4.74 Å². The lowest BCUT2D eigenvalue weighted by Crippen LogP contribution is -2.28. The van der Waals surface area contributed by atoms with Crippen LogP contribution in [0.25, 0.3) is 11.2 Å². The average Bonchev–Trinajstić information content (AvgIpc) is 2.71. The lowest BCUT2D eigenvalue weighted by atomic mass is 9.84. The summed E-state index contributed by atoms with van der Waals surface area (Å²) in [6, 6.07) is 5.63. The Morgan fingerprint density at radius 2 is 2.04 bits per heavy atom. The monoisotopic (exact) mass is 364 g/mol. The molecule has 3 aromatic heterocycles. The van der Waals surface area contributed by atoms with Crippen LogP contribution >= 0.6 is 0 Å². The van der Waals surface area contributed by atoms with E-state index < -0.39 is 0 Å². The minimum Gasteiger partial charge on any atom is -0.495 e. The van der Waals surface area contributed by atoms with Crippen molar-refractivity contribution in [1.29, 1.82) is 0 Å². The van der Waals surface area contributed by atoms with Crippen LogP contribution in [-0.2, 0) is 6.54 Å². The standard InChI is InChI=1S/C21H24N4O2/c1-14-12-23-17-11-16(15-7-4-3-5-8-15)21(26)25(20(17)24-14)13-18-19(27-2)9-6-10-22-18/h6,9-12,15H,3-5,7-8,13H2,1-2H3. The lowest BCUT2D eigenvalue weighted by molar-refractivity contribution is 0.405. The Hall–Kier alpha value is -2.76. The third kappa shape index (κ3) is 3.44. The van der Waals surface area contributed by atoms with E-state index in [4.69, 9.17) is 4.74 Å². The van der Waals surface area contributed by atoms with Crippen LogP contribution in [0.15, 0.2) is 35.4 Å². The van der Waals surface area contributed by atoms with E-state index in [-0.39, 0.29) is 5.56 Å². The SMILES string of the molecule is COc1cccnc1Cn1c(=O)c(C2CCCCC2)cc2ncc(C)nc21. The predicted molar refractivity (Wildman–Crippen MR) is 104 cm³/mol. The molecule has 1 aliphatic rings. The van der Waals surface area contributed by atoms with E-state index in [0.29, 0.717) is 29.6 Å². The molecule has 0 atom stereocenters. The second-order valence-electron chi connectivity index (χ2n) is 7.20. The number of rotatable bonds is 4. The van der Waals surface area contributed by atoms with E-state index in [0.717, 1.165) is 29.6 Å². The van der Waals surface area contributed by atoms with Crippen LogP contribution < -0.4 is 10.3 Å². The Bertz CT molecular complexity index is 1020. The number of fused-ring (bicyclic) bond motifs is 1. The van der Waals surface area contributed by atoms with Crippen molar-refractivity contribution in [3.05, 3.63) is 57.9 Å². The molecule has 27 heavy (non-hydrogen) atoms. The summed E-state index contributed by atoms with van der Waals surface area (Å²) in [6.07, 6.45) is 9.20. The van der Waals surface area contributed by atoms with Crippen molar-refractivity contribution in [2.24, 2.45) is 0 Å². The number of hydrogen-bond donors (Lipinski definition) is 0. The maximum atomic E-state index is 13.4. The zero-order chi connectivity index (χ0) is 18.8. The highest BCUT2D eigenvalue weighted by atomic mass is 16.5. The van der Waals surface area contributed by atoms with Crippen molar-refractivity contribution >= 4 is 11.2 Å². The third-order valence-corrected chi connectivity index (χ3v) is 5.36. The molecule has 3 aromatic rings. The molecule has 6 heteroatoms. The number of nitrogens with zero attached hydrogens (tertiary/aromatic N) is 4. The molecule has 0 aromatic carbocycles. The van der Waals surface area contributed by atoms with Crippen LogP contribution in [-0.4, -0.2) is 26.6 Å². The van der Waals surface area contributed by atoms with E-state index in [1.807, 2.05) is 25.1 Å². The van der Waals surface area contributed by atoms with Gasteiger partial charge in [-0.3, -0.25) is 19.3 Å². The van der Waals surface area contributed by atoms with Gasteiger partial charge >= 0.3 is 0 Å². The fourth-order valence-corrected chi connectivity index (χ4v) is 3.97. The van der Waals surface area contributed by atoms with Gasteiger partial charge in [-0.2, -0.15) is 0 Å². The molecule has 0 aliphatic heterocycles. The largest absolute Gasteiger partial charge is 0.495 e. The minimum atomic E-state index is 0.0157. The van der Waals surface area contributed by atoms with Crippen molar-refractivity contribution < 1.29 is 4.74 Å². The lowest BCUT2D eigenvalue weighted by Gasteiger charge is -2.22. The highest BCUT2D eigenvalue weighted by Gasteiger charge is 2.22. The topological polar surface area (TPSA) is 69.9 Å². The summed E-state index contributed by atoms with van der Waals surface area (Å²) in [7, 11) is 1.61. The van der Waals surface area contributed by atoms with Gasteiger partial charge in [0, 0.05) is 18.0 Å². The highest BCUT2D eigenvalue weighted by Crippen LogP contribution is 2.32. The first-order valence-electron chi connectivity index (χ1n) is 9.52. The number of methoxy groups -OCH3 is 1. The van der Waals surface area contributed by atoms with E-state index in [1.165, 1.54) is 19.3 Å². The third-order valence-electron chi connectivity index (χ3n) is 5.36. The second-order valence-corrected chi connectivity index (χ2v) is 7.20. The highest BCUT2D eigenvalue weighted by molar-refractivity contribution is 5.71. The maximum absolute atomic E-state index is 13.4. The van der Waals surface area contributed by atoms with Gasteiger partial charge in [0.2, 0.25) is 0 Å². The molecule has 3 heterocycles. The van der Waals surface area contributed by atoms with Crippen molar-refractivity contribution in [2.75, 3.05) is 7.11 Å². The molecule has 1 fully saturated rings. The summed E-state index contributed by atoms with van der Waals surface area (Å²) in [5.74, 6) is 0.969. The number of hydrogen-bond acceptors (Lipinski definition) is 5. The minimum absolute atomic E-state index is 0.0157. The van der Waals surface area contributed by atoms with Crippen LogP contribution in [0.2, 0.25) is 0 Å². The molecule has 140 valence electrons. The molecule has 0 spiro atoms. The van der Waals surface area contributed by atoms with Crippen LogP contribution in [0.1, 0.15) is 55.0 Å². The smallest absolute Gasteiger partial charge is 0.256 e. The number of aryl methyl sites for hydroxylation is 1. The zero-order valence-electron chi connectivity index (χ0n) is 15.8. The van der Waals surface area contributed by atoms with Gasteiger partial charge in [-0.1, -0.05) is 19.3 Å². The summed E-state index contributed by atoms with van der Waals surface area (Å²) in [5, 5.41) is 0. The Kier molecular flexibility index (Phi) is 4.88. The summed E-state index contributed by atoms with van der Waals surface area (Å²) < 4.78 is 7.14. The molecule has 0 N–H and O–H groups in total. The van der Waals surface area contributed by atoms with Gasteiger partial charge in [0.15, 0.2) is 5.65 Å². The van der Waals surface area contributed by atoms with Crippen LogP contribution in [0.4, 0.5) is 0 Å². The Labute approximate surface area is 158 Å². The molecule has 1 saturated carbocycles. The van der Waals surface area contributed by atoms with Crippen LogP contribution in [0, 0.1) is 6.92 Å². The van der Waals surface area contributed by atoms with Crippen molar-refractivity contribution in [3.8, 4) is 5.75 Å². The van der Waals surface area contributed by atoms with Crippen LogP contribution in [0.3, 0.4) is 0 Å². The van der Waals surface area contributed by atoms with Crippen molar-refractivity contribution in [3.63, 3.8) is 0 Å². The predicted octanol–water partition coefficient (Wildman–Crippen LogP) is 3.60. The van der Waals surface area contributed by atoms with Gasteiger partial charge in [0.05, 0.1) is 19.3 Å². The van der Waals surface area contributed by atoms with Crippen molar-refractivity contribution in [1.82, 2.24) is 19.5 Å². The van der Waals surface area contributed by atoms with E-state index in [1.54, 1.807) is 24.1 Å². The van der Waals surface area contributed by atoms with Gasteiger partial charge in [0.1, 0.15) is 17.0 Å². The van der Waals surface area contributed by atoms with E-state index in [9.17, 15) is 4.79 Å². The van der Waals surface area contributed by atoms with E-state index >= 15 is 0 Å². The molecular formula is C21H24N4O2. The molecule has 0 amide bonds. The molecule has 1 aliphatic carbocycles. The Balaban J connectivity index is 1.89. The Morgan fingerprint density at radius 3 is 2.81 bits per heavy atom. The molecule has 0 bridgehead atoms. The molecule has 4 rings (SSSR count). The first kappa shape index (κ1) is 17.6. The molecule has 0 unspecified atom stereocenters. The van der Waals surface area contributed by atoms with Gasteiger partial charge in [-0.25, -0.2) is 4.98 Å². The van der Waals surface area contributed by atoms with Crippen LogP contribution in [0.5, 0.6) is 5.75 Å². The molecular weight excluding hydrogens is 340 g/mol. The summed E-state index contributed by atoms with van der Waals surface area (Å²) >= 11 is 0. The number of ether oxygens (including phenoxy) is 1. The van der Waals surface area contributed by atoms with Gasteiger partial charge in [0.25, 0.3) is 5.56 Å². The van der Waals surface area contributed by atoms with E-state index in [2.05, 4.69) is 15.0 Å². The number of pyridine rings is 2. The summed E-state index contributed by atoms with van der Waals surface area (Å²) in [6.45, 7) is 2.20. The zero-order valence-corrected chi connectivity index (χ0v) is 15.8.